The molecule has 2 aliphatic rings. The van der Waals surface area contributed by atoms with E-state index in [4.69, 9.17) is 10.5 Å². The van der Waals surface area contributed by atoms with E-state index in [0.717, 1.165) is 25.6 Å². The van der Waals surface area contributed by atoms with Crippen molar-refractivity contribution in [3.63, 3.8) is 0 Å². The summed E-state index contributed by atoms with van der Waals surface area (Å²) in [4.78, 5) is 0. The average Bonchev–Trinajstić information content (AvgIpc) is 2.76. The molecule has 1 aliphatic carbocycles. The molecule has 1 saturated carbocycles. The van der Waals surface area contributed by atoms with Gasteiger partial charge in [-0.05, 0) is 55.9 Å². The van der Waals surface area contributed by atoms with Gasteiger partial charge < -0.3 is 15.8 Å². The highest BCUT2D eigenvalue weighted by Gasteiger charge is 2.41. The summed E-state index contributed by atoms with van der Waals surface area (Å²) in [5, 5.41) is 3.70. The molecule has 0 aromatic carbocycles. The highest BCUT2D eigenvalue weighted by molar-refractivity contribution is 4.94. The molecule has 5 atom stereocenters. The Morgan fingerprint density at radius 2 is 1.89 bits per heavy atom. The van der Waals surface area contributed by atoms with Crippen molar-refractivity contribution in [1.29, 1.82) is 0 Å². The lowest BCUT2D eigenvalue weighted by atomic mass is 9.61. The van der Waals surface area contributed by atoms with Crippen LogP contribution in [0.5, 0.6) is 0 Å². The molecule has 0 bridgehead atoms. The number of hydrogen-bond acceptors (Lipinski definition) is 3. The lowest BCUT2D eigenvalue weighted by Crippen LogP contribution is -2.49. The second-order valence-electron chi connectivity index (χ2n) is 7.33. The Balaban J connectivity index is 1.79. The Hall–Kier alpha value is -0.120. The molecule has 1 saturated heterocycles. The van der Waals surface area contributed by atoms with Gasteiger partial charge in [0.25, 0.3) is 0 Å². The Kier molecular flexibility index (Phi) is 4.91. The highest BCUT2D eigenvalue weighted by Crippen LogP contribution is 2.43. The summed E-state index contributed by atoms with van der Waals surface area (Å²) in [6.45, 7) is 12.5. The predicted octanol–water partition coefficient (Wildman–Crippen LogP) is 2.40. The Morgan fingerprint density at radius 1 is 1.16 bits per heavy atom. The van der Waals surface area contributed by atoms with Crippen LogP contribution < -0.4 is 11.1 Å². The van der Waals surface area contributed by atoms with Gasteiger partial charge in [-0.3, -0.25) is 0 Å². The molecule has 3 heteroatoms. The fraction of sp³-hybridized carbons (Fsp3) is 1.00. The summed E-state index contributed by atoms with van der Waals surface area (Å²) in [6.07, 6.45) is 4.09. The lowest BCUT2D eigenvalue weighted by Gasteiger charge is -2.47. The van der Waals surface area contributed by atoms with Gasteiger partial charge in [0.2, 0.25) is 0 Å². The summed E-state index contributed by atoms with van der Waals surface area (Å²) in [5.74, 6) is 2.06. The topological polar surface area (TPSA) is 47.3 Å². The molecule has 112 valence electrons. The van der Waals surface area contributed by atoms with E-state index in [1.54, 1.807) is 0 Å². The average molecular weight is 268 g/mol. The Labute approximate surface area is 118 Å². The van der Waals surface area contributed by atoms with Crippen LogP contribution in [0.2, 0.25) is 0 Å². The molecule has 0 radical (unpaired) electrons. The summed E-state index contributed by atoms with van der Waals surface area (Å²) >= 11 is 0. The van der Waals surface area contributed by atoms with Gasteiger partial charge in [0, 0.05) is 19.2 Å². The number of hydrogen-bond donors (Lipinski definition) is 2. The van der Waals surface area contributed by atoms with E-state index < -0.39 is 0 Å². The molecule has 19 heavy (non-hydrogen) atoms. The van der Waals surface area contributed by atoms with Crippen molar-refractivity contribution in [2.75, 3.05) is 19.7 Å². The molecule has 0 amide bonds. The molecular weight excluding hydrogens is 236 g/mol. The maximum absolute atomic E-state index is 6.23. The molecular formula is C16H32N2O. The van der Waals surface area contributed by atoms with Crippen LogP contribution in [-0.4, -0.2) is 31.8 Å². The molecule has 0 aromatic rings. The van der Waals surface area contributed by atoms with Crippen molar-refractivity contribution in [1.82, 2.24) is 5.32 Å². The van der Waals surface area contributed by atoms with Crippen molar-refractivity contribution in [2.45, 2.75) is 59.1 Å². The number of nitrogens with two attached hydrogens (primary N) is 1. The molecule has 2 fully saturated rings. The maximum Gasteiger partial charge on any atom is 0.0588 e. The summed E-state index contributed by atoms with van der Waals surface area (Å²) in [7, 11) is 0. The second kappa shape index (κ2) is 6.11. The van der Waals surface area contributed by atoms with Gasteiger partial charge in [-0.15, -0.1) is 0 Å². The predicted molar refractivity (Wildman–Crippen MR) is 80.0 cm³/mol. The van der Waals surface area contributed by atoms with Crippen molar-refractivity contribution in [3.05, 3.63) is 0 Å². The summed E-state index contributed by atoms with van der Waals surface area (Å²) in [6, 6.07) is 0.384. The molecule has 0 aromatic heterocycles. The van der Waals surface area contributed by atoms with Crippen LogP contribution in [0.15, 0.2) is 0 Å². The standard InChI is InChI=1S/C16H32N2O/c1-11-15(17)6-5-14(16(11,3)4)10-18-9-13-7-8-19-12(13)2/h11-15,18H,5-10,17H2,1-4H3. The molecule has 2 rings (SSSR count). The Morgan fingerprint density at radius 3 is 2.53 bits per heavy atom. The zero-order valence-corrected chi connectivity index (χ0v) is 13.1. The zero-order valence-electron chi connectivity index (χ0n) is 13.1. The van der Waals surface area contributed by atoms with E-state index in [-0.39, 0.29) is 0 Å². The van der Waals surface area contributed by atoms with Gasteiger partial charge in [-0.25, -0.2) is 0 Å². The Bertz CT molecular complexity index is 292. The highest BCUT2D eigenvalue weighted by atomic mass is 16.5. The molecule has 3 nitrogen and oxygen atoms in total. The lowest BCUT2D eigenvalue weighted by molar-refractivity contribution is 0.0523. The van der Waals surface area contributed by atoms with Crippen molar-refractivity contribution in [2.24, 2.45) is 28.9 Å². The number of rotatable bonds is 4. The van der Waals surface area contributed by atoms with Crippen LogP contribution >= 0.6 is 0 Å². The van der Waals surface area contributed by atoms with Gasteiger partial charge in [-0.2, -0.15) is 0 Å². The first kappa shape index (κ1) is 15.3. The number of nitrogens with one attached hydrogen (secondary N) is 1. The van der Waals surface area contributed by atoms with Gasteiger partial charge in [0.1, 0.15) is 0 Å². The first-order chi connectivity index (χ1) is 8.93. The SMILES string of the molecule is CC1OCCC1CNCC1CCC(N)C(C)C1(C)C. The largest absolute Gasteiger partial charge is 0.378 e. The monoisotopic (exact) mass is 268 g/mol. The maximum atomic E-state index is 6.23. The van der Waals surface area contributed by atoms with Crippen molar-refractivity contribution >= 4 is 0 Å². The normalized spacial score (nSPS) is 42.5. The molecule has 1 heterocycles. The van der Waals surface area contributed by atoms with Crippen LogP contribution in [-0.2, 0) is 4.74 Å². The van der Waals surface area contributed by atoms with Gasteiger partial charge in [0.05, 0.1) is 6.10 Å². The van der Waals surface area contributed by atoms with Crippen molar-refractivity contribution < 1.29 is 4.74 Å². The van der Waals surface area contributed by atoms with Gasteiger partial charge >= 0.3 is 0 Å². The van der Waals surface area contributed by atoms with E-state index in [0.29, 0.717) is 29.4 Å². The molecule has 3 N–H and O–H groups in total. The van der Waals surface area contributed by atoms with Crippen LogP contribution in [0.3, 0.4) is 0 Å². The van der Waals surface area contributed by atoms with E-state index in [9.17, 15) is 0 Å². The van der Waals surface area contributed by atoms with Crippen LogP contribution in [0.25, 0.3) is 0 Å². The minimum absolute atomic E-state index is 0.350. The molecule has 1 aliphatic heterocycles. The van der Waals surface area contributed by atoms with Crippen LogP contribution in [0.4, 0.5) is 0 Å². The summed E-state index contributed by atoms with van der Waals surface area (Å²) in [5.41, 5.74) is 6.58. The first-order valence-electron chi connectivity index (χ1n) is 8.00. The first-order valence-corrected chi connectivity index (χ1v) is 8.00. The van der Waals surface area contributed by atoms with E-state index >= 15 is 0 Å². The fourth-order valence-electron chi connectivity index (χ4n) is 3.79. The summed E-state index contributed by atoms with van der Waals surface area (Å²) < 4.78 is 5.62. The van der Waals surface area contributed by atoms with Gasteiger partial charge in [-0.1, -0.05) is 20.8 Å². The van der Waals surface area contributed by atoms with Crippen LogP contribution in [0.1, 0.15) is 47.0 Å². The zero-order chi connectivity index (χ0) is 14.0. The quantitative estimate of drug-likeness (QED) is 0.823. The number of ether oxygens (including phenoxy) is 1. The third-order valence-electron chi connectivity index (χ3n) is 6.05. The van der Waals surface area contributed by atoms with E-state index in [1.807, 2.05) is 0 Å². The third kappa shape index (κ3) is 3.32. The van der Waals surface area contributed by atoms with Gasteiger partial charge in [0.15, 0.2) is 0 Å². The molecule has 0 spiro atoms. The van der Waals surface area contributed by atoms with Crippen molar-refractivity contribution in [3.8, 4) is 0 Å². The molecule has 5 unspecified atom stereocenters. The van der Waals surface area contributed by atoms with E-state index in [1.165, 1.54) is 19.3 Å². The van der Waals surface area contributed by atoms with E-state index in [2.05, 4.69) is 33.0 Å². The second-order valence-corrected chi connectivity index (χ2v) is 7.33. The third-order valence-corrected chi connectivity index (χ3v) is 6.05. The minimum atomic E-state index is 0.350. The van der Waals surface area contributed by atoms with Crippen LogP contribution in [0, 0.1) is 23.2 Å². The fourth-order valence-corrected chi connectivity index (χ4v) is 3.79. The minimum Gasteiger partial charge on any atom is -0.378 e. The smallest absolute Gasteiger partial charge is 0.0588 e.